The van der Waals surface area contributed by atoms with Gasteiger partial charge < -0.3 is 5.32 Å². The Morgan fingerprint density at radius 1 is 1.18 bits per heavy atom. The topological polar surface area (TPSA) is 32.3 Å². The Hall–Kier alpha value is -1.65. The highest BCUT2D eigenvalue weighted by molar-refractivity contribution is 7.14. The van der Waals surface area contributed by atoms with E-state index in [2.05, 4.69) is 22.3 Å². The second-order valence-corrected chi connectivity index (χ2v) is 7.19. The van der Waals surface area contributed by atoms with E-state index in [1.165, 1.54) is 49.3 Å². The van der Waals surface area contributed by atoms with Crippen LogP contribution in [0.2, 0.25) is 0 Å². The van der Waals surface area contributed by atoms with Gasteiger partial charge >= 0.3 is 0 Å². The van der Waals surface area contributed by atoms with Gasteiger partial charge in [-0.2, -0.15) is 0 Å². The maximum Gasteiger partial charge on any atom is 0.265 e. The highest BCUT2D eigenvalue weighted by Gasteiger charge is 2.12. The molecule has 116 valence electrons. The van der Waals surface area contributed by atoms with E-state index in [9.17, 15) is 4.79 Å². The lowest BCUT2D eigenvalue weighted by Crippen LogP contribution is -2.29. The Labute approximate surface area is 136 Å². The van der Waals surface area contributed by atoms with Crippen molar-refractivity contribution in [3.63, 3.8) is 0 Å². The number of benzene rings is 1. The van der Waals surface area contributed by atoms with Crippen LogP contribution in [0.4, 0.5) is 5.69 Å². The second-order valence-electron chi connectivity index (χ2n) is 5.90. The Bertz CT molecular complexity index is 644. The molecule has 0 aliphatic carbocycles. The van der Waals surface area contributed by atoms with E-state index in [0.29, 0.717) is 0 Å². The molecule has 4 heteroatoms. The molecule has 1 aromatic heterocycles. The van der Waals surface area contributed by atoms with Crippen molar-refractivity contribution in [2.45, 2.75) is 32.7 Å². The summed E-state index contributed by atoms with van der Waals surface area (Å²) in [5.74, 6) is -0.0202. The highest BCUT2D eigenvalue weighted by atomic mass is 32.1. The summed E-state index contributed by atoms with van der Waals surface area (Å²) >= 11 is 1.53. The number of hydrogen-bond acceptors (Lipinski definition) is 3. The van der Waals surface area contributed by atoms with Crippen molar-refractivity contribution in [3.8, 4) is 0 Å². The molecule has 1 fully saturated rings. The van der Waals surface area contributed by atoms with Crippen LogP contribution in [0.5, 0.6) is 0 Å². The van der Waals surface area contributed by atoms with Crippen molar-refractivity contribution in [1.29, 1.82) is 0 Å². The summed E-state index contributed by atoms with van der Waals surface area (Å²) in [5, 5.41) is 3.00. The summed E-state index contributed by atoms with van der Waals surface area (Å²) in [5.41, 5.74) is 2.15. The van der Waals surface area contributed by atoms with Crippen LogP contribution >= 0.6 is 11.3 Å². The van der Waals surface area contributed by atoms with Gasteiger partial charge in [-0.15, -0.1) is 11.3 Å². The molecule has 1 N–H and O–H groups in total. The number of thiophene rings is 1. The summed E-state index contributed by atoms with van der Waals surface area (Å²) in [6.07, 6.45) is 3.95. The lowest BCUT2D eigenvalue weighted by Gasteiger charge is -2.26. The fraction of sp³-hybridized carbons (Fsp3) is 0.389. The van der Waals surface area contributed by atoms with E-state index in [0.717, 1.165) is 22.0 Å². The molecule has 1 saturated heterocycles. The number of nitrogens with one attached hydrogen (secondary N) is 1. The summed E-state index contributed by atoms with van der Waals surface area (Å²) in [6.45, 7) is 5.36. The number of anilines is 1. The molecular formula is C18H22N2OS. The van der Waals surface area contributed by atoms with E-state index < -0.39 is 0 Å². The molecule has 0 atom stereocenters. The fourth-order valence-electron chi connectivity index (χ4n) is 2.87. The van der Waals surface area contributed by atoms with Crippen LogP contribution in [0.15, 0.2) is 36.4 Å². The minimum atomic E-state index is -0.0202. The third-order valence-corrected chi connectivity index (χ3v) is 5.00. The zero-order valence-electron chi connectivity index (χ0n) is 13.0. The first-order chi connectivity index (χ1) is 10.7. The van der Waals surface area contributed by atoms with Gasteiger partial charge in [-0.05, 0) is 62.7 Å². The van der Waals surface area contributed by atoms with Crippen molar-refractivity contribution in [1.82, 2.24) is 4.90 Å². The Kier molecular flexibility index (Phi) is 4.90. The van der Waals surface area contributed by atoms with Gasteiger partial charge in [-0.1, -0.05) is 18.6 Å². The van der Waals surface area contributed by atoms with Crippen molar-refractivity contribution in [2.75, 3.05) is 18.4 Å². The van der Waals surface area contributed by atoms with Gasteiger partial charge in [0.15, 0.2) is 0 Å². The van der Waals surface area contributed by atoms with E-state index in [-0.39, 0.29) is 5.91 Å². The molecule has 0 saturated carbocycles. The number of carbonyl (C=O) groups is 1. The van der Waals surface area contributed by atoms with Crippen LogP contribution in [-0.2, 0) is 6.54 Å². The molecule has 0 unspecified atom stereocenters. The standard InChI is InChI=1S/C18H22N2OS/c1-14-8-9-17(22-14)18(21)19-16-7-5-6-15(12-16)13-20-10-3-2-4-11-20/h5-9,12H,2-4,10-11,13H2,1H3,(H,19,21). The minimum Gasteiger partial charge on any atom is -0.321 e. The van der Waals surface area contributed by atoms with E-state index in [1.807, 2.05) is 31.2 Å². The van der Waals surface area contributed by atoms with Gasteiger partial charge in [-0.25, -0.2) is 0 Å². The van der Waals surface area contributed by atoms with Crippen molar-refractivity contribution in [3.05, 3.63) is 51.7 Å². The molecule has 1 aliphatic rings. The van der Waals surface area contributed by atoms with Gasteiger partial charge in [0.2, 0.25) is 0 Å². The van der Waals surface area contributed by atoms with Gasteiger partial charge in [0.25, 0.3) is 5.91 Å². The Morgan fingerprint density at radius 2 is 2.00 bits per heavy atom. The highest BCUT2D eigenvalue weighted by Crippen LogP contribution is 2.19. The van der Waals surface area contributed by atoms with E-state index >= 15 is 0 Å². The average Bonchev–Trinajstić information content (AvgIpc) is 2.95. The molecular weight excluding hydrogens is 292 g/mol. The van der Waals surface area contributed by atoms with Crippen LogP contribution in [0.3, 0.4) is 0 Å². The third kappa shape index (κ3) is 3.96. The molecule has 3 rings (SSSR count). The SMILES string of the molecule is Cc1ccc(C(=O)Nc2cccc(CN3CCCCC3)c2)s1. The fourth-order valence-corrected chi connectivity index (χ4v) is 3.64. The minimum absolute atomic E-state index is 0.0202. The first kappa shape index (κ1) is 15.3. The third-order valence-electron chi connectivity index (χ3n) is 4.00. The lowest BCUT2D eigenvalue weighted by molar-refractivity contribution is 0.103. The zero-order chi connectivity index (χ0) is 15.4. The normalized spacial score (nSPS) is 15.7. The first-order valence-electron chi connectivity index (χ1n) is 7.90. The number of likely N-dealkylation sites (tertiary alicyclic amines) is 1. The molecule has 2 aromatic rings. The molecule has 1 aliphatic heterocycles. The molecule has 22 heavy (non-hydrogen) atoms. The van der Waals surface area contributed by atoms with Crippen LogP contribution in [-0.4, -0.2) is 23.9 Å². The van der Waals surface area contributed by atoms with Gasteiger partial charge in [0, 0.05) is 17.1 Å². The first-order valence-corrected chi connectivity index (χ1v) is 8.71. The Balaban J connectivity index is 1.64. The van der Waals surface area contributed by atoms with Crippen LogP contribution < -0.4 is 5.32 Å². The Morgan fingerprint density at radius 3 is 2.73 bits per heavy atom. The molecule has 3 nitrogen and oxygen atoms in total. The molecule has 0 bridgehead atoms. The number of amides is 1. The van der Waals surface area contributed by atoms with Crippen LogP contribution in [0, 0.1) is 6.92 Å². The maximum absolute atomic E-state index is 12.2. The second kappa shape index (κ2) is 7.07. The average molecular weight is 314 g/mol. The van der Waals surface area contributed by atoms with E-state index in [4.69, 9.17) is 0 Å². The predicted molar refractivity (Wildman–Crippen MR) is 92.6 cm³/mol. The zero-order valence-corrected chi connectivity index (χ0v) is 13.8. The molecule has 0 spiro atoms. The van der Waals surface area contributed by atoms with Gasteiger partial charge in [0.05, 0.1) is 4.88 Å². The van der Waals surface area contributed by atoms with Crippen molar-refractivity contribution in [2.24, 2.45) is 0 Å². The van der Waals surface area contributed by atoms with Gasteiger partial charge in [-0.3, -0.25) is 9.69 Å². The lowest BCUT2D eigenvalue weighted by atomic mass is 10.1. The molecule has 1 amide bonds. The number of hydrogen-bond donors (Lipinski definition) is 1. The number of rotatable bonds is 4. The predicted octanol–water partition coefficient (Wildman–Crippen LogP) is 4.29. The number of aryl methyl sites for hydroxylation is 1. The maximum atomic E-state index is 12.2. The molecule has 2 heterocycles. The van der Waals surface area contributed by atoms with Gasteiger partial charge in [0.1, 0.15) is 0 Å². The van der Waals surface area contributed by atoms with Crippen molar-refractivity contribution < 1.29 is 4.79 Å². The van der Waals surface area contributed by atoms with E-state index in [1.54, 1.807) is 0 Å². The largest absolute Gasteiger partial charge is 0.321 e. The number of piperidine rings is 1. The van der Waals surface area contributed by atoms with Crippen molar-refractivity contribution >= 4 is 22.9 Å². The summed E-state index contributed by atoms with van der Waals surface area (Å²) in [4.78, 5) is 16.6. The number of carbonyl (C=O) groups excluding carboxylic acids is 1. The smallest absolute Gasteiger partial charge is 0.265 e. The quantitative estimate of drug-likeness (QED) is 0.913. The summed E-state index contributed by atoms with van der Waals surface area (Å²) < 4.78 is 0. The summed E-state index contributed by atoms with van der Waals surface area (Å²) in [7, 11) is 0. The van der Waals surface area contributed by atoms with Crippen LogP contribution in [0.1, 0.15) is 39.4 Å². The van der Waals surface area contributed by atoms with Crippen LogP contribution in [0.25, 0.3) is 0 Å². The summed E-state index contributed by atoms with van der Waals surface area (Å²) in [6, 6.07) is 12.1. The molecule has 1 aromatic carbocycles. The number of nitrogens with zero attached hydrogens (tertiary/aromatic N) is 1. The monoisotopic (exact) mass is 314 g/mol. The molecule has 0 radical (unpaired) electrons.